The summed E-state index contributed by atoms with van der Waals surface area (Å²) in [6, 6.07) is 1.80. The highest BCUT2D eigenvalue weighted by Crippen LogP contribution is 2.36. The first-order valence-electron chi connectivity index (χ1n) is 5.82. The van der Waals surface area contributed by atoms with Gasteiger partial charge in [-0.1, -0.05) is 0 Å². The Hall–Kier alpha value is -1.40. The summed E-state index contributed by atoms with van der Waals surface area (Å²) >= 11 is 2.92. The van der Waals surface area contributed by atoms with E-state index in [1.54, 1.807) is 23.6 Å². The van der Waals surface area contributed by atoms with Crippen LogP contribution in [0.4, 0.5) is 5.69 Å². The number of carbonyl (C=O) groups is 1. The number of thiazole rings is 1. The number of aromatic nitrogens is 1. The molecule has 0 aromatic carbocycles. The van der Waals surface area contributed by atoms with Crippen molar-refractivity contribution >= 4 is 34.3 Å². The van der Waals surface area contributed by atoms with Gasteiger partial charge in [-0.3, -0.25) is 0 Å². The minimum atomic E-state index is -0.519. The molecular formula is C13H16N2O2S2. The summed E-state index contributed by atoms with van der Waals surface area (Å²) in [7, 11) is 0. The zero-order valence-electron chi connectivity index (χ0n) is 11.3. The standard InChI is InChI=1S/C13H16N2O2S2/c1-7-15-6-10(18-7)9-5-8(14)11(19-9)12(16)17-13(2,3)4/h5-6H,14H2,1-4H3. The van der Waals surface area contributed by atoms with E-state index >= 15 is 0 Å². The van der Waals surface area contributed by atoms with Crippen LogP contribution in [0.5, 0.6) is 0 Å². The van der Waals surface area contributed by atoms with E-state index in [9.17, 15) is 4.79 Å². The molecule has 0 bridgehead atoms. The Morgan fingerprint density at radius 1 is 1.32 bits per heavy atom. The number of nitrogen functional groups attached to an aromatic ring is 1. The van der Waals surface area contributed by atoms with E-state index in [2.05, 4.69) is 4.98 Å². The second-order valence-corrected chi connectivity index (χ2v) is 7.43. The van der Waals surface area contributed by atoms with Gasteiger partial charge in [0.25, 0.3) is 0 Å². The van der Waals surface area contributed by atoms with E-state index in [0.29, 0.717) is 10.6 Å². The molecule has 0 fully saturated rings. The molecule has 2 aromatic heterocycles. The summed E-state index contributed by atoms with van der Waals surface area (Å²) in [6.45, 7) is 7.45. The highest BCUT2D eigenvalue weighted by molar-refractivity contribution is 7.23. The van der Waals surface area contributed by atoms with Crippen LogP contribution >= 0.6 is 22.7 Å². The summed E-state index contributed by atoms with van der Waals surface area (Å²) in [5.41, 5.74) is 5.84. The maximum atomic E-state index is 12.0. The van der Waals surface area contributed by atoms with Gasteiger partial charge in [-0.2, -0.15) is 0 Å². The molecule has 2 heterocycles. The summed E-state index contributed by atoms with van der Waals surface area (Å²) in [4.78, 5) is 18.7. The largest absolute Gasteiger partial charge is 0.456 e. The Morgan fingerprint density at radius 3 is 2.53 bits per heavy atom. The topological polar surface area (TPSA) is 65.2 Å². The van der Waals surface area contributed by atoms with Gasteiger partial charge in [-0.25, -0.2) is 9.78 Å². The van der Waals surface area contributed by atoms with Gasteiger partial charge in [0.05, 0.1) is 15.6 Å². The third-order valence-electron chi connectivity index (χ3n) is 2.21. The SMILES string of the molecule is Cc1ncc(-c2cc(N)c(C(=O)OC(C)(C)C)s2)s1. The van der Waals surface area contributed by atoms with Crippen molar-refractivity contribution in [1.29, 1.82) is 0 Å². The molecule has 19 heavy (non-hydrogen) atoms. The Morgan fingerprint density at radius 2 is 2.00 bits per heavy atom. The van der Waals surface area contributed by atoms with E-state index in [0.717, 1.165) is 14.8 Å². The third kappa shape index (κ3) is 3.33. The molecule has 2 rings (SSSR count). The van der Waals surface area contributed by atoms with Gasteiger partial charge in [0, 0.05) is 11.1 Å². The summed E-state index contributed by atoms with van der Waals surface area (Å²) in [6.07, 6.45) is 1.80. The lowest BCUT2D eigenvalue weighted by Crippen LogP contribution is -2.23. The second kappa shape index (κ2) is 4.94. The van der Waals surface area contributed by atoms with Gasteiger partial charge in [0.2, 0.25) is 0 Å². The normalized spacial score (nSPS) is 11.6. The van der Waals surface area contributed by atoms with E-state index in [1.807, 2.05) is 27.7 Å². The van der Waals surface area contributed by atoms with Crippen LogP contribution in [0.2, 0.25) is 0 Å². The minimum absolute atomic E-state index is 0.373. The average molecular weight is 296 g/mol. The Labute approximate surface area is 120 Å². The Balaban J connectivity index is 2.29. The van der Waals surface area contributed by atoms with Gasteiger partial charge in [0.1, 0.15) is 10.5 Å². The smallest absolute Gasteiger partial charge is 0.350 e. The maximum Gasteiger partial charge on any atom is 0.350 e. The van der Waals surface area contributed by atoms with Crippen molar-refractivity contribution < 1.29 is 9.53 Å². The number of hydrogen-bond donors (Lipinski definition) is 1. The van der Waals surface area contributed by atoms with Crippen LogP contribution in [-0.2, 0) is 4.74 Å². The van der Waals surface area contributed by atoms with Gasteiger partial charge in [-0.15, -0.1) is 22.7 Å². The number of esters is 1. The number of thiophene rings is 1. The van der Waals surface area contributed by atoms with Crippen molar-refractivity contribution in [2.75, 3.05) is 5.73 Å². The van der Waals surface area contributed by atoms with Crippen LogP contribution < -0.4 is 5.73 Å². The number of nitrogens with two attached hydrogens (primary N) is 1. The Kier molecular flexibility index (Phi) is 3.64. The molecule has 4 nitrogen and oxygen atoms in total. The van der Waals surface area contributed by atoms with Crippen LogP contribution in [0.3, 0.4) is 0 Å². The van der Waals surface area contributed by atoms with Crippen molar-refractivity contribution in [3.63, 3.8) is 0 Å². The lowest BCUT2D eigenvalue weighted by molar-refractivity contribution is 0.00764. The molecule has 0 aliphatic carbocycles. The zero-order chi connectivity index (χ0) is 14.2. The van der Waals surface area contributed by atoms with Crippen LogP contribution in [0.25, 0.3) is 9.75 Å². The molecule has 0 aliphatic rings. The number of anilines is 1. The zero-order valence-corrected chi connectivity index (χ0v) is 12.9. The van der Waals surface area contributed by atoms with E-state index in [1.165, 1.54) is 11.3 Å². The first-order valence-corrected chi connectivity index (χ1v) is 7.45. The van der Waals surface area contributed by atoms with Crippen LogP contribution in [0, 0.1) is 6.92 Å². The molecule has 6 heteroatoms. The van der Waals surface area contributed by atoms with Crippen LogP contribution in [0.1, 0.15) is 35.5 Å². The fourth-order valence-electron chi connectivity index (χ4n) is 1.49. The predicted molar refractivity (Wildman–Crippen MR) is 79.7 cm³/mol. The van der Waals surface area contributed by atoms with Crippen molar-refractivity contribution in [1.82, 2.24) is 4.98 Å². The highest BCUT2D eigenvalue weighted by Gasteiger charge is 2.22. The number of rotatable bonds is 2. The van der Waals surface area contributed by atoms with Crippen molar-refractivity contribution in [2.24, 2.45) is 0 Å². The summed E-state index contributed by atoms with van der Waals surface area (Å²) in [5.74, 6) is -0.373. The summed E-state index contributed by atoms with van der Waals surface area (Å²) < 4.78 is 5.34. The lowest BCUT2D eigenvalue weighted by atomic mass is 10.2. The monoisotopic (exact) mass is 296 g/mol. The lowest BCUT2D eigenvalue weighted by Gasteiger charge is -2.18. The summed E-state index contributed by atoms with van der Waals surface area (Å²) in [5, 5.41) is 0.987. The minimum Gasteiger partial charge on any atom is -0.456 e. The number of carbonyl (C=O) groups excluding carboxylic acids is 1. The van der Waals surface area contributed by atoms with Crippen molar-refractivity contribution in [3.8, 4) is 9.75 Å². The second-order valence-electron chi connectivity index (χ2n) is 5.14. The molecule has 2 aromatic rings. The van der Waals surface area contributed by atoms with Crippen molar-refractivity contribution in [3.05, 3.63) is 22.1 Å². The van der Waals surface area contributed by atoms with Crippen LogP contribution in [-0.4, -0.2) is 16.6 Å². The molecule has 2 N–H and O–H groups in total. The fraction of sp³-hybridized carbons (Fsp3) is 0.385. The predicted octanol–water partition coefficient (Wildman–Crippen LogP) is 3.72. The Bertz CT molecular complexity index is 608. The quantitative estimate of drug-likeness (QED) is 0.858. The highest BCUT2D eigenvalue weighted by atomic mass is 32.1. The van der Waals surface area contributed by atoms with Gasteiger partial charge in [-0.05, 0) is 33.8 Å². The average Bonchev–Trinajstić information content (AvgIpc) is 2.82. The van der Waals surface area contributed by atoms with Crippen LogP contribution in [0.15, 0.2) is 12.3 Å². The van der Waals surface area contributed by atoms with E-state index in [4.69, 9.17) is 10.5 Å². The maximum absolute atomic E-state index is 12.0. The number of nitrogens with zero attached hydrogens (tertiary/aromatic N) is 1. The molecule has 0 saturated heterocycles. The molecule has 0 saturated carbocycles. The molecule has 0 atom stereocenters. The fourth-order valence-corrected chi connectivity index (χ4v) is 3.29. The molecule has 0 radical (unpaired) electrons. The molecule has 0 amide bonds. The van der Waals surface area contributed by atoms with Gasteiger partial charge in [0.15, 0.2) is 0 Å². The molecule has 0 unspecified atom stereocenters. The van der Waals surface area contributed by atoms with Gasteiger partial charge < -0.3 is 10.5 Å². The van der Waals surface area contributed by atoms with E-state index in [-0.39, 0.29) is 5.97 Å². The number of hydrogen-bond acceptors (Lipinski definition) is 6. The molecular weight excluding hydrogens is 280 g/mol. The van der Waals surface area contributed by atoms with Crippen molar-refractivity contribution in [2.45, 2.75) is 33.3 Å². The molecule has 102 valence electrons. The first kappa shape index (κ1) is 14.0. The van der Waals surface area contributed by atoms with E-state index < -0.39 is 5.60 Å². The number of aryl methyl sites for hydroxylation is 1. The molecule has 0 aliphatic heterocycles. The van der Waals surface area contributed by atoms with Gasteiger partial charge >= 0.3 is 5.97 Å². The third-order valence-corrected chi connectivity index (χ3v) is 4.45. The molecule has 0 spiro atoms. The number of ether oxygens (including phenoxy) is 1. The first-order chi connectivity index (χ1) is 8.76.